The Labute approximate surface area is 96.5 Å². The largest absolute Gasteiger partial charge is 0.377 e. The Morgan fingerprint density at radius 3 is 3.07 bits per heavy atom. The van der Waals surface area contributed by atoms with Crippen LogP contribution in [0.25, 0.3) is 10.2 Å². The molecule has 2 N–H and O–H groups in total. The normalized spacial score (nSPS) is 16.6. The average molecular weight is 240 g/mol. The van der Waals surface area contributed by atoms with Crippen LogP contribution in [0.4, 0.5) is 5.69 Å². The standard InChI is InChI=1S/C10H10ClN3S/c11-7-1-2-8-10(13-5-15-8)9(7)14-6-3-12-4-6/h1-2,5-6,12,14H,3-4H2. The third-order valence-electron chi connectivity index (χ3n) is 2.58. The zero-order chi connectivity index (χ0) is 10.3. The van der Waals surface area contributed by atoms with Gasteiger partial charge in [-0.05, 0) is 12.1 Å². The van der Waals surface area contributed by atoms with Crippen LogP contribution in [0, 0.1) is 0 Å². The van der Waals surface area contributed by atoms with E-state index in [0.717, 1.165) is 29.3 Å². The quantitative estimate of drug-likeness (QED) is 0.845. The molecule has 2 aromatic rings. The van der Waals surface area contributed by atoms with Crippen LogP contribution < -0.4 is 10.6 Å². The number of rotatable bonds is 2. The highest BCUT2D eigenvalue weighted by molar-refractivity contribution is 7.16. The molecule has 0 amide bonds. The summed E-state index contributed by atoms with van der Waals surface area (Å²) in [5.74, 6) is 0. The summed E-state index contributed by atoms with van der Waals surface area (Å²) in [5, 5.41) is 7.40. The smallest absolute Gasteiger partial charge is 0.106 e. The Hall–Kier alpha value is -0.840. The van der Waals surface area contributed by atoms with E-state index in [0.29, 0.717) is 6.04 Å². The lowest BCUT2D eigenvalue weighted by molar-refractivity contribution is 0.472. The molecule has 15 heavy (non-hydrogen) atoms. The maximum Gasteiger partial charge on any atom is 0.106 e. The molecule has 2 heterocycles. The molecule has 78 valence electrons. The summed E-state index contributed by atoms with van der Waals surface area (Å²) in [4.78, 5) is 4.34. The minimum absolute atomic E-state index is 0.481. The van der Waals surface area contributed by atoms with Crippen LogP contribution in [0.3, 0.4) is 0 Å². The SMILES string of the molecule is Clc1ccc2scnc2c1NC1CNC1. The molecular formula is C10H10ClN3S. The van der Waals surface area contributed by atoms with Crippen molar-refractivity contribution in [2.75, 3.05) is 18.4 Å². The highest BCUT2D eigenvalue weighted by Crippen LogP contribution is 2.32. The summed E-state index contributed by atoms with van der Waals surface area (Å²) in [6.45, 7) is 1.99. The lowest BCUT2D eigenvalue weighted by Gasteiger charge is -2.29. The number of nitrogens with zero attached hydrogens (tertiary/aromatic N) is 1. The van der Waals surface area contributed by atoms with E-state index in [4.69, 9.17) is 11.6 Å². The van der Waals surface area contributed by atoms with Crippen molar-refractivity contribution in [2.45, 2.75) is 6.04 Å². The molecule has 0 unspecified atom stereocenters. The minimum atomic E-state index is 0.481. The molecule has 0 atom stereocenters. The Balaban J connectivity index is 2.05. The van der Waals surface area contributed by atoms with Crippen molar-refractivity contribution in [3.63, 3.8) is 0 Å². The molecule has 0 bridgehead atoms. The summed E-state index contributed by atoms with van der Waals surface area (Å²) in [5.41, 5.74) is 3.81. The number of hydrogen-bond donors (Lipinski definition) is 2. The number of nitrogens with one attached hydrogen (secondary N) is 2. The van der Waals surface area contributed by atoms with E-state index in [2.05, 4.69) is 15.6 Å². The van der Waals surface area contributed by atoms with Crippen molar-refractivity contribution in [2.24, 2.45) is 0 Å². The van der Waals surface area contributed by atoms with Crippen LogP contribution in [0.5, 0.6) is 0 Å². The van der Waals surface area contributed by atoms with E-state index in [1.54, 1.807) is 11.3 Å². The number of benzene rings is 1. The van der Waals surface area contributed by atoms with Crippen molar-refractivity contribution in [1.82, 2.24) is 10.3 Å². The molecule has 0 radical (unpaired) electrons. The second kappa shape index (κ2) is 3.63. The van der Waals surface area contributed by atoms with Gasteiger partial charge in [0.25, 0.3) is 0 Å². The van der Waals surface area contributed by atoms with Gasteiger partial charge in [0.05, 0.1) is 27.0 Å². The molecule has 0 aliphatic carbocycles. The lowest BCUT2D eigenvalue weighted by Crippen LogP contribution is -2.51. The van der Waals surface area contributed by atoms with Gasteiger partial charge in [0.1, 0.15) is 5.52 Å². The monoisotopic (exact) mass is 239 g/mol. The fourth-order valence-electron chi connectivity index (χ4n) is 1.64. The Morgan fingerprint density at radius 2 is 2.33 bits per heavy atom. The Morgan fingerprint density at radius 1 is 1.47 bits per heavy atom. The third-order valence-corrected chi connectivity index (χ3v) is 3.69. The molecule has 0 spiro atoms. The van der Waals surface area contributed by atoms with E-state index in [9.17, 15) is 0 Å². The predicted octanol–water partition coefficient (Wildman–Crippen LogP) is 2.33. The molecule has 1 saturated heterocycles. The zero-order valence-electron chi connectivity index (χ0n) is 7.96. The number of hydrogen-bond acceptors (Lipinski definition) is 4. The summed E-state index contributed by atoms with van der Waals surface area (Å²) in [7, 11) is 0. The van der Waals surface area contributed by atoms with Crippen LogP contribution >= 0.6 is 22.9 Å². The van der Waals surface area contributed by atoms with Crippen molar-refractivity contribution >= 4 is 38.8 Å². The first kappa shape index (κ1) is 9.39. The molecule has 1 aliphatic rings. The molecule has 3 nitrogen and oxygen atoms in total. The van der Waals surface area contributed by atoms with Crippen LogP contribution in [0.15, 0.2) is 17.6 Å². The van der Waals surface area contributed by atoms with E-state index < -0.39 is 0 Å². The second-order valence-electron chi connectivity index (χ2n) is 3.62. The van der Waals surface area contributed by atoms with Gasteiger partial charge in [-0.2, -0.15) is 0 Å². The van der Waals surface area contributed by atoms with Gasteiger partial charge in [-0.3, -0.25) is 0 Å². The first-order valence-electron chi connectivity index (χ1n) is 4.83. The minimum Gasteiger partial charge on any atom is -0.377 e. The van der Waals surface area contributed by atoms with Gasteiger partial charge in [-0.25, -0.2) is 4.98 Å². The van der Waals surface area contributed by atoms with E-state index in [-0.39, 0.29) is 0 Å². The maximum absolute atomic E-state index is 6.17. The van der Waals surface area contributed by atoms with E-state index in [1.807, 2.05) is 17.6 Å². The zero-order valence-corrected chi connectivity index (χ0v) is 9.53. The molecule has 1 fully saturated rings. The van der Waals surface area contributed by atoms with Crippen LogP contribution in [0.2, 0.25) is 5.02 Å². The number of aromatic nitrogens is 1. The molecule has 0 saturated carbocycles. The Bertz CT molecular complexity index is 492. The van der Waals surface area contributed by atoms with Crippen LogP contribution in [-0.4, -0.2) is 24.1 Å². The van der Waals surface area contributed by atoms with Crippen LogP contribution in [0.1, 0.15) is 0 Å². The fourth-order valence-corrected chi connectivity index (χ4v) is 2.53. The molecule has 1 aliphatic heterocycles. The van der Waals surface area contributed by atoms with Gasteiger partial charge in [-0.15, -0.1) is 11.3 Å². The number of anilines is 1. The molecule has 1 aromatic carbocycles. The molecule has 5 heteroatoms. The van der Waals surface area contributed by atoms with E-state index in [1.165, 1.54) is 4.70 Å². The summed E-state index contributed by atoms with van der Waals surface area (Å²) in [6, 6.07) is 4.42. The van der Waals surface area contributed by atoms with Gasteiger partial charge in [-0.1, -0.05) is 11.6 Å². The van der Waals surface area contributed by atoms with Gasteiger partial charge in [0, 0.05) is 13.1 Å². The highest BCUT2D eigenvalue weighted by atomic mass is 35.5. The fraction of sp³-hybridized carbons (Fsp3) is 0.300. The van der Waals surface area contributed by atoms with Gasteiger partial charge in [0.15, 0.2) is 0 Å². The summed E-state index contributed by atoms with van der Waals surface area (Å²) in [6.07, 6.45) is 0. The number of thiazole rings is 1. The first-order chi connectivity index (χ1) is 7.34. The van der Waals surface area contributed by atoms with Gasteiger partial charge < -0.3 is 10.6 Å². The molecule has 3 rings (SSSR count). The summed E-state index contributed by atoms with van der Waals surface area (Å²) < 4.78 is 1.18. The predicted molar refractivity (Wildman–Crippen MR) is 64.9 cm³/mol. The Kier molecular flexibility index (Phi) is 2.27. The highest BCUT2D eigenvalue weighted by Gasteiger charge is 2.19. The second-order valence-corrected chi connectivity index (χ2v) is 4.91. The average Bonchev–Trinajstić information content (AvgIpc) is 2.61. The first-order valence-corrected chi connectivity index (χ1v) is 6.09. The van der Waals surface area contributed by atoms with Crippen molar-refractivity contribution < 1.29 is 0 Å². The molecule has 1 aromatic heterocycles. The van der Waals surface area contributed by atoms with Gasteiger partial charge in [0.2, 0.25) is 0 Å². The maximum atomic E-state index is 6.17. The third kappa shape index (κ3) is 1.58. The molecular weight excluding hydrogens is 230 g/mol. The lowest BCUT2D eigenvalue weighted by atomic mass is 10.1. The van der Waals surface area contributed by atoms with Crippen molar-refractivity contribution in [3.8, 4) is 0 Å². The van der Waals surface area contributed by atoms with Crippen molar-refractivity contribution in [1.29, 1.82) is 0 Å². The van der Waals surface area contributed by atoms with Crippen molar-refractivity contribution in [3.05, 3.63) is 22.7 Å². The van der Waals surface area contributed by atoms with E-state index >= 15 is 0 Å². The summed E-state index contributed by atoms with van der Waals surface area (Å²) >= 11 is 7.80. The van der Waals surface area contributed by atoms with Gasteiger partial charge >= 0.3 is 0 Å². The van der Waals surface area contributed by atoms with Crippen LogP contribution in [-0.2, 0) is 0 Å². The topological polar surface area (TPSA) is 37.0 Å². The number of fused-ring (bicyclic) bond motifs is 1. The number of halogens is 1.